The van der Waals surface area contributed by atoms with E-state index in [2.05, 4.69) is 39.6 Å². The van der Waals surface area contributed by atoms with Crippen molar-refractivity contribution in [3.8, 4) is 11.4 Å². The number of nitrogens with one attached hydrogen (secondary N) is 2. The summed E-state index contributed by atoms with van der Waals surface area (Å²) in [6, 6.07) is 13.9. The zero-order valence-electron chi connectivity index (χ0n) is 15.3. The molecule has 134 valence electrons. The number of hydrogen-bond donors (Lipinski definition) is 2. The van der Waals surface area contributed by atoms with Gasteiger partial charge in [-0.05, 0) is 38.8 Å². The molecule has 0 aliphatic heterocycles. The molecule has 1 aromatic heterocycles. The van der Waals surface area contributed by atoms with E-state index in [1.165, 1.54) is 17.3 Å². The molecule has 0 unspecified atom stereocenters. The summed E-state index contributed by atoms with van der Waals surface area (Å²) in [5.74, 6) is 0.641. The summed E-state index contributed by atoms with van der Waals surface area (Å²) in [4.78, 5) is 17.1. The van der Waals surface area contributed by atoms with Crippen LogP contribution in [0.3, 0.4) is 0 Å². The van der Waals surface area contributed by atoms with Crippen molar-refractivity contribution in [3.05, 3.63) is 59.2 Å². The molecule has 1 amide bonds. The van der Waals surface area contributed by atoms with Crippen LogP contribution in [0.15, 0.2) is 47.6 Å². The Hall–Kier alpha value is -2.60. The van der Waals surface area contributed by atoms with E-state index in [9.17, 15) is 4.79 Å². The van der Waals surface area contributed by atoms with E-state index >= 15 is 0 Å². The number of nitrogens with zero attached hydrogens (tertiary/aromatic N) is 2. The number of aryl methyl sites for hydroxylation is 3. The number of hydrogen-bond acceptors (Lipinski definition) is 4. The maximum atomic E-state index is 12.6. The summed E-state index contributed by atoms with van der Waals surface area (Å²) in [6.45, 7) is 7.93. The first-order valence-electron chi connectivity index (χ1n) is 8.47. The number of H-pyrrole nitrogens is 1. The number of rotatable bonds is 5. The summed E-state index contributed by atoms with van der Waals surface area (Å²) in [7, 11) is 0. The Kier molecular flexibility index (Phi) is 5.42. The summed E-state index contributed by atoms with van der Waals surface area (Å²) in [5.41, 5.74) is 5.17. The van der Waals surface area contributed by atoms with Crippen LogP contribution in [0.2, 0.25) is 0 Å². The number of aromatic amines is 1. The molecule has 0 radical (unpaired) electrons. The Morgan fingerprint density at radius 2 is 1.77 bits per heavy atom. The van der Waals surface area contributed by atoms with Gasteiger partial charge >= 0.3 is 0 Å². The van der Waals surface area contributed by atoms with Crippen molar-refractivity contribution in [1.82, 2.24) is 15.2 Å². The minimum Gasteiger partial charge on any atom is -0.325 e. The summed E-state index contributed by atoms with van der Waals surface area (Å²) in [6.07, 6.45) is 0. The molecular formula is C20H22N4OS. The normalized spacial score (nSPS) is 12.0. The third-order valence-corrected chi connectivity index (χ3v) is 5.05. The van der Waals surface area contributed by atoms with Gasteiger partial charge in [0.2, 0.25) is 11.1 Å². The highest BCUT2D eigenvalue weighted by molar-refractivity contribution is 8.00. The van der Waals surface area contributed by atoms with Crippen molar-refractivity contribution in [1.29, 1.82) is 0 Å². The summed E-state index contributed by atoms with van der Waals surface area (Å²) in [5, 5.41) is 10.4. The van der Waals surface area contributed by atoms with Crippen LogP contribution in [-0.4, -0.2) is 26.3 Å². The lowest BCUT2D eigenvalue weighted by molar-refractivity contribution is -0.115. The molecule has 0 saturated carbocycles. The number of thioether (sulfide) groups is 1. The highest BCUT2D eigenvalue weighted by Gasteiger charge is 2.19. The van der Waals surface area contributed by atoms with Crippen LogP contribution < -0.4 is 5.32 Å². The topological polar surface area (TPSA) is 70.7 Å². The van der Waals surface area contributed by atoms with Gasteiger partial charge in [0.25, 0.3) is 0 Å². The van der Waals surface area contributed by atoms with Gasteiger partial charge in [-0.15, -0.1) is 5.10 Å². The molecule has 0 spiro atoms. The highest BCUT2D eigenvalue weighted by Crippen LogP contribution is 2.26. The van der Waals surface area contributed by atoms with Crippen molar-refractivity contribution >= 4 is 23.4 Å². The number of anilines is 1. The summed E-state index contributed by atoms with van der Waals surface area (Å²) >= 11 is 1.34. The van der Waals surface area contributed by atoms with Gasteiger partial charge in [-0.25, -0.2) is 4.98 Å². The van der Waals surface area contributed by atoms with E-state index < -0.39 is 0 Å². The molecule has 1 heterocycles. The van der Waals surface area contributed by atoms with E-state index in [1.54, 1.807) is 0 Å². The number of amides is 1. The quantitative estimate of drug-likeness (QED) is 0.652. The van der Waals surface area contributed by atoms with Crippen molar-refractivity contribution < 1.29 is 4.79 Å². The Balaban J connectivity index is 1.68. The lowest BCUT2D eigenvalue weighted by Gasteiger charge is -2.15. The number of benzene rings is 2. The second-order valence-corrected chi connectivity index (χ2v) is 7.66. The molecule has 0 fully saturated rings. The van der Waals surface area contributed by atoms with Gasteiger partial charge < -0.3 is 5.32 Å². The van der Waals surface area contributed by atoms with Gasteiger partial charge in [-0.3, -0.25) is 9.89 Å². The molecule has 0 aliphatic carbocycles. The van der Waals surface area contributed by atoms with Crippen molar-refractivity contribution in [2.24, 2.45) is 0 Å². The molecule has 0 bridgehead atoms. The SMILES string of the molecule is Cc1cc(C)c(NC(=O)[C@@H](C)Sc2n[nH]c(-c3ccccc3)n2)c(C)c1. The maximum absolute atomic E-state index is 12.6. The number of carbonyl (C=O) groups excluding carboxylic acids is 1. The zero-order valence-corrected chi connectivity index (χ0v) is 16.1. The monoisotopic (exact) mass is 366 g/mol. The van der Waals surface area contributed by atoms with Crippen molar-refractivity contribution in [2.75, 3.05) is 5.32 Å². The average Bonchev–Trinajstić information content (AvgIpc) is 3.07. The highest BCUT2D eigenvalue weighted by atomic mass is 32.2. The first kappa shape index (κ1) is 18.2. The fourth-order valence-corrected chi connectivity index (χ4v) is 3.56. The van der Waals surface area contributed by atoms with Crippen molar-refractivity contribution in [2.45, 2.75) is 38.1 Å². The molecule has 26 heavy (non-hydrogen) atoms. The predicted octanol–water partition coefficient (Wildman–Crippen LogP) is 4.52. The van der Waals surface area contributed by atoms with Gasteiger partial charge in [-0.1, -0.05) is 59.8 Å². The maximum Gasteiger partial charge on any atom is 0.237 e. The van der Waals surface area contributed by atoms with Crippen LogP contribution in [0.1, 0.15) is 23.6 Å². The van der Waals surface area contributed by atoms with Crippen LogP contribution in [0, 0.1) is 20.8 Å². The summed E-state index contributed by atoms with van der Waals surface area (Å²) < 4.78 is 0. The molecule has 2 N–H and O–H groups in total. The van der Waals surface area contributed by atoms with Gasteiger partial charge in [0.1, 0.15) is 0 Å². The van der Waals surface area contributed by atoms with Crippen LogP contribution in [0.25, 0.3) is 11.4 Å². The van der Waals surface area contributed by atoms with E-state index in [1.807, 2.05) is 51.1 Å². The first-order chi connectivity index (χ1) is 12.4. The molecular weight excluding hydrogens is 344 g/mol. The van der Waals surface area contributed by atoms with Crippen molar-refractivity contribution in [3.63, 3.8) is 0 Å². The second kappa shape index (κ2) is 7.74. The molecule has 6 heteroatoms. The standard InChI is InChI=1S/C20H22N4OS/c1-12-10-13(2)17(14(3)11-12)21-19(25)15(4)26-20-22-18(23-24-20)16-8-6-5-7-9-16/h5-11,15H,1-4H3,(H,21,25)(H,22,23,24)/t15-/m1/s1. The molecule has 2 aromatic carbocycles. The average molecular weight is 366 g/mol. The fourth-order valence-electron chi connectivity index (χ4n) is 2.84. The Labute approximate surface area is 157 Å². The third kappa shape index (κ3) is 4.14. The molecule has 5 nitrogen and oxygen atoms in total. The molecule has 0 aliphatic rings. The lowest BCUT2D eigenvalue weighted by atomic mass is 10.1. The van der Waals surface area contributed by atoms with E-state index in [0.717, 1.165) is 22.4 Å². The van der Waals surface area contributed by atoms with E-state index in [0.29, 0.717) is 11.0 Å². The molecule has 1 atom stereocenters. The molecule has 3 aromatic rings. The van der Waals surface area contributed by atoms with E-state index in [-0.39, 0.29) is 11.2 Å². The Morgan fingerprint density at radius 1 is 1.12 bits per heavy atom. The van der Waals surface area contributed by atoms with Gasteiger partial charge in [-0.2, -0.15) is 0 Å². The molecule has 0 saturated heterocycles. The minimum absolute atomic E-state index is 0.0592. The minimum atomic E-state index is -0.311. The lowest BCUT2D eigenvalue weighted by Crippen LogP contribution is -2.23. The second-order valence-electron chi connectivity index (χ2n) is 6.36. The van der Waals surface area contributed by atoms with Crippen LogP contribution in [0.4, 0.5) is 5.69 Å². The zero-order chi connectivity index (χ0) is 18.7. The first-order valence-corrected chi connectivity index (χ1v) is 9.35. The number of carbonyl (C=O) groups is 1. The van der Waals surface area contributed by atoms with Gasteiger partial charge in [0.15, 0.2) is 5.82 Å². The third-order valence-electron chi connectivity index (χ3n) is 4.09. The smallest absolute Gasteiger partial charge is 0.237 e. The van der Waals surface area contributed by atoms with Gasteiger partial charge in [0.05, 0.1) is 5.25 Å². The Bertz CT molecular complexity index is 898. The predicted molar refractivity (Wildman–Crippen MR) is 106 cm³/mol. The molecule has 3 rings (SSSR count). The largest absolute Gasteiger partial charge is 0.325 e. The van der Waals surface area contributed by atoms with E-state index in [4.69, 9.17) is 0 Å². The van der Waals surface area contributed by atoms with Gasteiger partial charge in [0, 0.05) is 11.3 Å². The van der Waals surface area contributed by atoms with Crippen LogP contribution in [-0.2, 0) is 4.79 Å². The number of aromatic nitrogens is 3. The van der Waals surface area contributed by atoms with Crippen LogP contribution >= 0.6 is 11.8 Å². The Morgan fingerprint density at radius 3 is 2.42 bits per heavy atom. The van der Waals surface area contributed by atoms with Crippen LogP contribution in [0.5, 0.6) is 0 Å². The fraction of sp³-hybridized carbons (Fsp3) is 0.250.